The molecule has 0 saturated carbocycles. The van der Waals surface area contributed by atoms with Crippen LogP contribution >= 0.6 is 0 Å². The van der Waals surface area contributed by atoms with E-state index in [1.165, 1.54) is 6.08 Å². The highest BCUT2D eigenvalue weighted by molar-refractivity contribution is 5.82. The monoisotopic (exact) mass is 318 g/mol. The summed E-state index contributed by atoms with van der Waals surface area (Å²) in [6.45, 7) is 2.16. The lowest BCUT2D eigenvalue weighted by atomic mass is 10.1. The first-order valence-electron chi connectivity index (χ1n) is 7.83. The van der Waals surface area contributed by atoms with Crippen molar-refractivity contribution in [2.45, 2.75) is 6.92 Å². The summed E-state index contributed by atoms with van der Waals surface area (Å²) in [5, 5.41) is 4.62. The number of pyridine rings is 1. The molecule has 0 atom stereocenters. The van der Waals surface area contributed by atoms with Crippen molar-refractivity contribution in [1.29, 1.82) is 0 Å². The number of fused-ring (bicyclic) bond motifs is 1. The van der Waals surface area contributed by atoms with E-state index in [0.717, 1.165) is 22.3 Å². The molecule has 2 aromatic heterocycles. The SMILES string of the molecule is CCOC(=O)C=CC=Cc1cccn2nc(-c3ccccc3)cc12. The van der Waals surface area contributed by atoms with Crippen molar-refractivity contribution in [1.82, 2.24) is 9.61 Å². The maximum absolute atomic E-state index is 11.3. The van der Waals surface area contributed by atoms with Crippen LogP contribution in [0.3, 0.4) is 0 Å². The molecule has 0 aliphatic rings. The van der Waals surface area contributed by atoms with E-state index in [-0.39, 0.29) is 5.97 Å². The molecule has 2 heterocycles. The van der Waals surface area contributed by atoms with E-state index >= 15 is 0 Å². The van der Waals surface area contributed by atoms with Gasteiger partial charge >= 0.3 is 5.97 Å². The minimum atomic E-state index is -0.337. The van der Waals surface area contributed by atoms with Crippen LogP contribution in [0.1, 0.15) is 12.5 Å². The van der Waals surface area contributed by atoms with Crippen LogP contribution in [0.25, 0.3) is 22.9 Å². The number of carbonyl (C=O) groups excluding carboxylic acids is 1. The van der Waals surface area contributed by atoms with E-state index in [1.54, 1.807) is 13.0 Å². The molecule has 4 heteroatoms. The average Bonchev–Trinajstić information content (AvgIpc) is 3.05. The van der Waals surface area contributed by atoms with Crippen LogP contribution < -0.4 is 0 Å². The number of carbonyl (C=O) groups is 1. The van der Waals surface area contributed by atoms with Crippen LogP contribution in [0.15, 0.2) is 73.0 Å². The fraction of sp³-hybridized carbons (Fsp3) is 0.100. The summed E-state index contributed by atoms with van der Waals surface area (Å²) in [4.78, 5) is 11.3. The molecule has 0 spiro atoms. The lowest BCUT2D eigenvalue weighted by molar-refractivity contribution is -0.137. The van der Waals surface area contributed by atoms with E-state index in [1.807, 2.05) is 65.3 Å². The predicted octanol–water partition coefficient (Wildman–Crippen LogP) is 4.13. The van der Waals surface area contributed by atoms with Crippen molar-refractivity contribution >= 4 is 17.6 Å². The Morgan fingerprint density at radius 2 is 2.00 bits per heavy atom. The molecule has 0 N–H and O–H groups in total. The van der Waals surface area contributed by atoms with Gasteiger partial charge < -0.3 is 4.74 Å². The second kappa shape index (κ2) is 7.42. The quantitative estimate of drug-likeness (QED) is 0.403. The highest BCUT2D eigenvalue weighted by Gasteiger charge is 2.05. The van der Waals surface area contributed by atoms with Gasteiger partial charge in [0.2, 0.25) is 0 Å². The summed E-state index contributed by atoms with van der Waals surface area (Å²) >= 11 is 0. The van der Waals surface area contributed by atoms with Gasteiger partial charge in [-0.3, -0.25) is 0 Å². The second-order valence-electron chi connectivity index (χ2n) is 5.16. The lowest BCUT2D eigenvalue weighted by Gasteiger charge is -1.96. The normalized spacial score (nSPS) is 11.5. The maximum Gasteiger partial charge on any atom is 0.330 e. The molecule has 24 heavy (non-hydrogen) atoms. The van der Waals surface area contributed by atoms with Crippen LogP contribution in [0.2, 0.25) is 0 Å². The van der Waals surface area contributed by atoms with Crippen LogP contribution in [0, 0.1) is 0 Å². The van der Waals surface area contributed by atoms with Gasteiger partial charge in [0, 0.05) is 23.4 Å². The summed E-state index contributed by atoms with van der Waals surface area (Å²) < 4.78 is 6.70. The number of hydrogen-bond donors (Lipinski definition) is 0. The number of rotatable bonds is 5. The third kappa shape index (κ3) is 3.60. The van der Waals surface area contributed by atoms with Gasteiger partial charge in [-0.25, -0.2) is 9.31 Å². The highest BCUT2D eigenvalue weighted by atomic mass is 16.5. The zero-order valence-electron chi connectivity index (χ0n) is 13.4. The number of hydrogen-bond acceptors (Lipinski definition) is 3. The number of esters is 1. The second-order valence-corrected chi connectivity index (χ2v) is 5.16. The number of allylic oxidation sites excluding steroid dienone is 2. The van der Waals surface area contributed by atoms with Crippen molar-refractivity contribution in [2.24, 2.45) is 0 Å². The fourth-order valence-corrected chi connectivity index (χ4v) is 2.41. The third-order valence-electron chi connectivity index (χ3n) is 3.51. The number of ether oxygens (including phenoxy) is 1. The van der Waals surface area contributed by atoms with E-state index in [4.69, 9.17) is 4.74 Å². The summed E-state index contributed by atoms with van der Waals surface area (Å²) in [6, 6.07) is 16.1. The molecular weight excluding hydrogens is 300 g/mol. The first-order valence-corrected chi connectivity index (χ1v) is 7.83. The van der Waals surface area contributed by atoms with E-state index in [2.05, 4.69) is 11.2 Å². The minimum Gasteiger partial charge on any atom is -0.463 e. The van der Waals surface area contributed by atoms with E-state index in [0.29, 0.717) is 6.61 Å². The van der Waals surface area contributed by atoms with Crippen molar-refractivity contribution in [2.75, 3.05) is 6.61 Å². The smallest absolute Gasteiger partial charge is 0.330 e. The molecule has 0 radical (unpaired) electrons. The molecule has 120 valence electrons. The zero-order chi connectivity index (χ0) is 16.8. The lowest BCUT2D eigenvalue weighted by Crippen LogP contribution is -1.98. The van der Waals surface area contributed by atoms with Crippen molar-refractivity contribution in [3.05, 3.63) is 78.5 Å². The molecule has 0 saturated heterocycles. The standard InChI is InChI=1S/C20H18N2O2/c1-2-24-20(23)13-7-6-11-17-12-8-14-22-19(17)15-18(21-22)16-9-4-3-5-10-16/h3-15H,2H2,1H3. The fourth-order valence-electron chi connectivity index (χ4n) is 2.41. The number of benzene rings is 1. The van der Waals surface area contributed by atoms with Gasteiger partial charge in [0.05, 0.1) is 17.8 Å². The van der Waals surface area contributed by atoms with Gasteiger partial charge in [0.15, 0.2) is 0 Å². The molecule has 0 amide bonds. The van der Waals surface area contributed by atoms with Crippen molar-refractivity contribution < 1.29 is 9.53 Å². The van der Waals surface area contributed by atoms with E-state index < -0.39 is 0 Å². The molecule has 0 fully saturated rings. The van der Waals surface area contributed by atoms with Gasteiger partial charge in [-0.1, -0.05) is 54.6 Å². The summed E-state index contributed by atoms with van der Waals surface area (Å²) in [7, 11) is 0. The molecule has 0 aliphatic carbocycles. The van der Waals surface area contributed by atoms with Gasteiger partial charge in [0.25, 0.3) is 0 Å². The molecule has 3 rings (SSSR count). The minimum absolute atomic E-state index is 0.337. The molecule has 0 unspecified atom stereocenters. The Bertz CT molecular complexity index is 892. The Morgan fingerprint density at radius 1 is 1.17 bits per heavy atom. The first-order chi connectivity index (χ1) is 11.8. The van der Waals surface area contributed by atoms with Crippen LogP contribution in [-0.2, 0) is 9.53 Å². The topological polar surface area (TPSA) is 43.6 Å². The molecule has 0 bridgehead atoms. The Morgan fingerprint density at radius 3 is 2.79 bits per heavy atom. The van der Waals surface area contributed by atoms with Gasteiger partial charge in [0.1, 0.15) is 0 Å². The van der Waals surface area contributed by atoms with Gasteiger partial charge in [-0.2, -0.15) is 5.10 Å². The Labute approximate surface area is 140 Å². The molecule has 0 aliphatic heterocycles. The Kier molecular flexibility index (Phi) is 4.87. The predicted molar refractivity (Wildman–Crippen MR) is 95.4 cm³/mol. The Balaban J connectivity index is 1.87. The summed E-state index contributed by atoms with van der Waals surface area (Å²) in [5.74, 6) is -0.337. The number of nitrogens with zero attached hydrogens (tertiary/aromatic N) is 2. The average molecular weight is 318 g/mol. The molecule has 1 aromatic carbocycles. The first kappa shape index (κ1) is 15.7. The third-order valence-corrected chi connectivity index (χ3v) is 3.51. The van der Waals surface area contributed by atoms with Crippen LogP contribution in [0.5, 0.6) is 0 Å². The van der Waals surface area contributed by atoms with Gasteiger partial charge in [-0.15, -0.1) is 0 Å². The van der Waals surface area contributed by atoms with Crippen molar-refractivity contribution in [3.63, 3.8) is 0 Å². The largest absolute Gasteiger partial charge is 0.463 e. The van der Waals surface area contributed by atoms with Gasteiger partial charge in [-0.05, 0) is 19.1 Å². The summed E-state index contributed by atoms with van der Waals surface area (Å²) in [6.07, 6.45) is 8.78. The van der Waals surface area contributed by atoms with Crippen LogP contribution in [0.4, 0.5) is 0 Å². The number of aromatic nitrogens is 2. The molecular formula is C20H18N2O2. The van der Waals surface area contributed by atoms with Crippen molar-refractivity contribution in [3.8, 4) is 11.3 Å². The Hall–Kier alpha value is -3.14. The van der Waals surface area contributed by atoms with Crippen LogP contribution in [-0.4, -0.2) is 22.2 Å². The molecule has 4 nitrogen and oxygen atoms in total. The maximum atomic E-state index is 11.3. The summed E-state index contributed by atoms with van der Waals surface area (Å²) in [5.41, 5.74) is 4.05. The highest BCUT2D eigenvalue weighted by Crippen LogP contribution is 2.22. The zero-order valence-corrected chi connectivity index (χ0v) is 13.4. The molecule has 3 aromatic rings. The van der Waals surface area contributed by atoms with E-state index in [9.17, 15) is 4.79 Å².